The molecule has 5 heteroatoms. The van der Waals surface area contributed by atoms with Crippen LogP contribution in [0.25, 0.3) is 0 Å². The normalized spacial score (nSPS) is 10.0. The second kappa shape index (κ2) is 6.75. The van der Waals surface area contributed by atoms with Crippen LogP contribution in [-0.2, 0) is 4.74 Å². The Hall–Kier alpha value is -1.75. The Bertz CT molecular complexity index is 380. The number of rotatable bonds is 7. The van der Waals surface area contributed by atoms with Gasteiger partial charge >= 0.3 is 0 Å². The lowest BCUT2D eigenvalue weighted by Gasteiger charge is -2.12. The molecule has 3 N–H and O–H groups in total. The van der Waals surface area contributed by atoms with Crippen molar-refractivity contribution >= 4 is 5.84 Å². The van der Waals surface area contributed by atoms with Crippen LogP contribution in [0.15, 0.2) is 18.2 Å². The molecule has 0 saturated carbocycles. The van der Waals surface area contributed by atoms with Gasteiger partial charge in [0.2, 0.25) is 0 Å². The molecular weight excluding hydrogens is 220 g/mol. The van der Waals surface area contributed by atoms with Crippen LogP contribution in [0.4, 0.5) is 0 Å². The van der Waals surface area contributed by atoms with Gasteiger partial charge in [-0.3, -0.25) is 5.41 Å². The zero-order valence-corrected chi connectivity index (χ0v) is 10.2. The fourth-order valence-corrected chi connectivity index (χ4v) is 1.30. The van der Waals surface area contributed by atoms with Gasteiger partial charge in [0.15, 0.2) is 11.5 Å². The Morgan fingerprint density at radius 1 is 1.24 bits per heavy atom. The van der Waals surface area contributed by atoms with E-state index in [9.17, 15) is 0 Å². The number of nitrogens with one attached hydrogen (secondary N) is 1. The summed E-state index contributed by atoms with van der Waals surface area (Å²) in [6.07, 6.45) is 0. The van der Waals surface area contributed by atoms with Crippen LogP contribution in [-0.4, -0.2) is 32.8 Å². The number of benzene rings is 1. The molecule has 0 aliphatic heterocycles. The highest BCUT2D eigenvalue weighted by atomic mass is 16.5. The standard InChI is InChI=1S/C12H18N2O3/c1-3-16-11-8-9(12(13)14)4-5-10(11)17-7-6-15-2/h4-5,8H,3,6-7H2,1-2H3,(H3,13,14). The van der Waals surface area contributed by atoms with Crippen LogP contribution in [0.1, 0.15) is 12.5 Å². The molecule has 94 valence electrons. The van der Waals surface area contributed by atoms with E-state index in [1.165, 1.54) is 0 Å². The molecule has 0 radical (unpaired) electrons. The molecule has 1 rings (SSSR count). The van der Waals surface area contributed by atoms with Crippen molar-refractivity contribution in [2.75, 3.05) is 26.9 Å². The number of nitrogen functional groups attached to an aromatic ring is 1. The quantitative estimate of drug-likeness (QED) is 0.427. The first kappa shape index (κ1) is 13.3. The maximum atomic E-state index is 7.36. The summed E-state index contributed by atoms with van der Waals surface area (Å²) in [5.74, 6) is 1.24. The van der Waals surface area contributed by atoms with Crippen molar-refractivity contribution < 1.29 is 14.2 Å². The second-order valence-electron chi connectivity index (χ2n) is 3.35. The molecule has 0 aromatic heterocycles. The Kier molecular flexibility index (Phi) is 5.29. The van der Waals surface area contributed by atoms with Crippen molar-refractivity contribution in [2.45, 2.75) is 6.92 Å². The van der Waals surface area contributed by atoms with E-state index in [-0.39, 0.29) is 5.84 Å². The summed E-state index contributed by atoms with van der Waals surface area (Å²) in [4.78, 5) is 0. The summed E-state index contributed by atoms with van der Waals surface area (Å²) in [6.45, 7) is 3.39. The van der Waals surface area contributed by atoms with E-state index in [1.807, 2.05) is 6.92 Å². The van der Waals surface area contributed by atoms with Gasteiger partial charge in [-0.2, -0.15) is 0 Å². The Morgan fingerprint density at radius 2 is 2.00 bits per heavy atom. The molecule has 0 aliphatic carbocycles. The van der Waals surface area contributed by atoms with E-state index in [2.05, 4.69) is 0 Å². The molecule has 1 aromatic carbocycles. The van der Waals surface area contributed by atoms with Crippen molar-refractivity contribution in [1.82, 2.24) is 0 Å². The number of hydrogen-bond donors (Lipinski definition) is 2. The lowest BCUT2D eigenvalue weighted by atomic mass is 10.2. The minimum atomic E-state index is 0.00870. The number of amidine groups is 1. The summed E-state index contributed by atoms with van der Waals surface area (Å²) >= 11 is 0. The highest BCUT2D eigenvalue weighted by molar-refractivity contribution is 5.95. The first-order chi connectivity index (χ1) is 8.19. The lowest BCUT2D eigenvalue weighted by Crippen LogP contribution is -2.12. The van der Waals surface area contributed by atoms with E-state index in [0.29, 0.717) is 36.9 Å². The molecule has 0 bridgehead atoms. The van der Waals surface area contributed by atoms with Crippen LogP contribution in [0.5, 0.6) is 11.5 Å². The maximum Gasteiger partial charge on any atom is 0.161 e. The average Bonchev–Trinajstić information content (AvgIpc) is 2.31. The van der Waals surface area contributed by atoms with E-state index >= 15 is 0 Å². The van der Waals surface area contributed by atoms with E-state index in [4.69, 9.17) is 25.4 Å². The van der Waals surface area contributed by atoms with Crippen LogP contribution < -0.4 is 15.2 Å². The van der Waals surface area contributed by atoms with Crippen molar-refractivity contribution in [3.8, 4) is 11.5 Å². The van der Waals surface area contributed by atoms with Gasteiger partial charge in [0, 0.05) is 12.7 Å². The SMILES string of the molecule is CCOc1cc(C(=N)N)ccc1OCCOC. The van der Waals surface area contributed by atoms with Crippen molar-refractivity contribution in [1.29, 1.82) is 5.41 Å². The third-order valence-corrected chi connectivity index (χ3v) is 2.10. The lowest BCUT2D eigenvalue weighted by molar-refractivity contribution is 0.143. The number of hydrogen-bond acceptors (Lipinski definition) is 4. The fourth-order valence-electron chi connectivity index (χ4n) is 1.30. The molecule has 5 nitrogen and oxygen atoms in total. The number of ether oxygens (including phenoxy) is 3. The Labute approximate surface area is 101 Å². The number of methoxy groups -OCH3 is 1. The summed E-state index contributed by atoms with van der Waals surface area (Å²) in [5.41, 5.74) is 6.04. The molecule has 17 heavy (non-hydrogen) atoms. The first-order valence-electron chi connectivity index (χ1n) is 5.42. The van der Waals surface area contributed by atoms with Gasteiger partial charge in [-0.15, -0.1) is 0 Å². The van der Waals surface area contributed by atoms with E-state index in [0.717, 1.165) is 0 Å². The molecule has 0 atom stereocenters. The summed E-state index contributed by atoms with van der Waals surface area (Å²) < 4.78 is 15.8. The van der Waals surface area contributed by atoms with Gasteiger partial charge in [-0.1, -0.05) is 0 Å². The molecule has 0 amide bonds. The van der Waals surface area contributed by atoms with Crippen LogP contribution in [0.3, 0.4) is 0 Å². The van der Waals surface area contributed by atoms with Gasteiger partial charge < -0.3 is 19.9 Å². The molecule has 0 saturated heterocycles. The van der Waals surface area contributed by atoms with Crippen molar-refractivity contribution in [2.24, 2.45) is 5.73 Å². The maximum absolute atomic E-state index is 7.36. The van der Waals surface area contributed by atoms with Gasteiger partial charge in [-0.25, -0.2) is 0 Å². The van der Waals surface area contributed by atoms with Gasteiger partial charge in [0.25, 0.3) is 0 Å². The Morgan fingerprint density at radius 3 is 2.59 bits per heavy atom. The highest BCUT2D eigenvalue weighted by Crippen LogP contribution is 2.28. The second-order valence-corrected chi connectivity index (χ2v) is 3.35. The van der Waals surface area contributed by atoms with Crippen LogP contribution in [0, 0.1) is 5.41 Å². The van der Waals surface area contributed by atoms with E-state index < -0.39 is 0 Å². The summed E-state index contributed by atoms with van der Waals surface area (Å²) in [6, 6.07) is 5.18. The predicted octanol–water partition coefficient (Wildman–Crippen LogP) is 1.39. The highest BCUT2D eigenvalue weighted by Gasteiger charge is 2.07. The third-order valence-electron chi connectivity index (χ3n) is 2.10. The van der Waals surface area contributed by atoms with Gasteiger partial charge in [0.1, 0.15) is 12.4 Å². The molecular formula is C12H18N2O3. The Balaban J connectivity index is 2.83. The fraction of sp³-hybridized carbons (Fsp3) is 0.417. The summed E-state index contributed by atoms with van der Waals surface area (Å²) in [7, 11) is 1.62. The third kappa shape index (κ3) is 3.96. The molecule has 1 aromatic rings. The molecule has 0 spiro atoms. The smallest absolute Gasteiger partial charge is 0.161 e. The molecule has 0 unspecified atom stereocenters. The minimum absolute atomic E-state index is 0.00870. The molecule has 0 heterocycles. The number of nitrogens with two attached hydrogens (primary N) is 1. The van der Waals surface area contributed by atoms with Crippen molar-refractivity contribution in [3.63, 3.8) is 0 Å². The zero-order valence-electron chi connectivity index (χ0n) is 10.2. The first-order valence-corrected chi connectivity index (χ1v) is 5.42. The monoisotopic (exact) mass is 238 g/mol. The predicted molar refractivity (Wildman–Crippen MR) is 66.0 cm³/mol. The molecule has 0 aliphatic rings. The van der Waals surface area contributed by atoms with Gasteiger partial charge in [0.05, 0.1) is 13.2 Å². The largest absolute Gasteiger partial charge is 0.490 e. The topological polar surface area (TPSA) is 77.6 Å². The average molecular weight is 238 g/mol. The van der Waals surface area contributed by atoms with Gasteiger partial charge in [-0.05, 0) is 25.1 Å². The zero-order chi connectivity index (χ0) is 12.7. The van der Waals surface area contributed by atoms with Crippen LogP contribution >= 0.6 is 0 Å². The van der Waals surface area contributed by atoms with E-state index in [1.54, 1.807) is 25.3 Å². The van der Waals surface area contributed by atoms with Crippen molar-refractivity contribution in [3.05, 3.63) is 23.8 Å². The minimum Gasteiger partial charge on any atom is -0.490 e. The summed E-state index contributed by atoms with van der Waals surface area (Å²) in [5, 5.41) is 7.36. The van der Waals surface area contributed by atoms with Crippen LogP contribution in [0.2, 0.25) is 0 Å². The molecule has 0 fully saturated rings.